The second kappa shape index (κ2) is 10.2. The van der Waals surface area contributed by atoms with Gasteiger partial charge in [-0.2, -0.15) is 0 Å². The minimum absolute atomic E-state index is 0.249. The summed E-state index contributed by atoms with van der Waals surface area (Å²) in [6, 6.07) is 13.3. The molecule has 4 rings (SSSR count). The molecule has 0 radical (unpaired) electrons. The van der Waals surface area contributed by atoms with Crippen LogP contribution in [0, 0.1) is 13.8 Å². The highest BCUT2D eigenvalue weighted by Gasteiger charge is 2.13. The predicted molar refractivity (Wildman–Crippen MR) is 128 cm³/mol. The molecule has 0 aliphatic rings. The zero-order valence-corrected chi connectivity index (χ0v) is 20.0. The van der Waals surface area contributed by atoms with E-state index in [1.54, 1.807) is 23.5 Å². The molecule has 0 amide bonds. The van der Waals surface area contributed by atoms with Crippen molar-refractivity contribution in [1.29, 1.82) is 0 Å². The molecule has 32 heavy (non-hydrogen) atoms. The van der Waals surface area contributed by atoms with E-state index in [0.29, 0.717) is 28.4 Å². The van der Waals surface area contributed by atoms with Crippen LogP contribution in [0.4, 0.5) is 0 Å². The van der Waals surface area contributed by atoms with Crippen molar-refractivity contribution in [2.75, 3.05) is 5.84 Å². The van der Waals surface area contributed by atoms with Gasteiger partial charge in [0, 0.05) is 16.2 Å². The lowest BCUT2D eigenvalue weighted by atomic mass is 10.1. The first kappa shape index (κ1) is 22.4. The van der Waals surface area contributed by atoms with Crippen LogP contribution in [-0.2, 0) is 19.0 Å². The molecule has 0 saturated heterocycles. The molecule has 0 atom stereocenters. The van der Waals surface area contributed by atoms with Gasteiger partial charge in [0.05, 0.1) is 5.69 Å². The van der Waals surface area contributed by atoms with E-state index in [-0.39, 0.29) is 6.61 Å². The fourth-order valence-electron chi connectivity index (χ4n) is 2.96. The van der Waals surface area contributed by atoms with Gasteiger partial charge in [-0.05, 0) is 49.2 Å². The molecule has 0 bridgehead atoms. The van der Waals surface area contributed by atoms with Crippen molar-refractivity contribution in [2.45, 2.75) is 38.0 Å². The number of nitrogens with zero attached hydrogens (tertiary/aromatic N) is 4. The van der Waals surface area contributed by atoms with Crippen LogP contribution in [0.3, 0.4) is 0 Å². The fourth-order valence-corrected chi connectivity index (χ4v) is 4.67. The van der Waals surface area contributed by atoms with Gasteiger partial charge >= 0.3 is 0 Å². The number of hydrogen-bond donors (Lipinski definition) is 1. The lowest BCUT2D eigenvalue weighted by molar-refractivity contribution is 0.288. The Morgan fingerprint density at radius 2 is 1.78 bits per heavy atom. The number of aryl methyl sites for hydroxylation is 2. The average Bonchev–Trinajstić information content (AvgIpc) is 3.38. The number of hydrogen-bond acceptors (Lipinski definition) is 8. The molecule has 0 fully saturated rings. The topological polar surface area (TPSA) is 88.1 Å². The molecule has 0 spiro atoms. The number of benzene rings is 2. The molecule has 2 N–H and O–H groups in total. The maximum absolute atomic E-state index is 6.18. The highest BCUT2D eigenvalue weighted by molar-refractivity contribution is 7.98. The molecule has 2 heterocycles. The van der Waals surface area contributed by atoms with E-state index in [2.05, 4.69) is 15.2 Å². The van der Waals surface area contributed by atoms with Crippen LogP contribution in [0.1, 0.15) is 27.7 Å². The monoisotopic (exact) mass is 487 g/mol. The van der Waals surface area contributed by atoms with Crippen LogP contribution in [0.25, 0.3) is 0 Å². The SMILES string of the molecule is Cc1cccc(C)c1OCc1nnc(SCc2csc(COc3ccc(Cl)cc3)n2)n1N. The van der Waals surface area contributed by atoms with Gasteiger partial charge in [-0.25, -0.2) is 9.66 Å². The number of para-hydroxylation sites is 1. The molecular weight excluding hydrogens is 466 g/mol. The summed E-state index contributed by atoms with van der Waals surface area (Å²) in [6.07, 6.45) is 0. The summed E-state index contributed by atoms with van der Waals surface area (Å²) in [5.41, 5.74) is 3.08. The number of nitrogens with two attached hydrogens (primary N) is 1. The van der Waals surface area contributed by atoms with E-state index >= 15 is 0 Å². The molecule has 166 valence electrons. The van der Waals surface area contributed by atoms with Crippen LogP contribution >= 0.6 is 34.7 Å². The molecule has 0 saturated carbocycles. The Morgan fingerprint density at radius 1 is 1.03 bits per heavy atom. The molecule has 0 aliphatic heterocycles. The summed E-state index contributed by atoms with van der Waals surface area (Å²) < 4.78 is 13.2. The third-order valence-corrected chi connectivity index (χ3v) is 6.71. The summed E-state index contributed by atoms with van der Waals surface area (Å²) in [6.45, 7) is 4.68. The van der Waals surface area contributed by atoms with E-state index in [0.717, 1.165) is 33.3 Å². The maximum Gasteiger partial charge on any atom is 0.210 e. The maximum atomic E-state index is 6.18. The van der Waals surface area contributed by atoms with Crippen molar-refractivity contribution in [1.82, 2.24) is 19.9 Å². The summed E-state index contributed by atoms with van der Waals surface area (Å²) in [5, 5.41) is 12.6. The van der Waals surface area contributed by atoms with Gasteiger partial charge in [0.2, 0.25) is 5.16 Å². The number of halogens is 1. The van der Waals surface area contributed by atoms with Crippen LogP contribution in [-0.4, -0.2) is 19.9 Å². The number of rotatable bonds is 9. The van der Waals surface area contributed by atoms with Crippen LogP contribution in [0.2, 0.25) is 5.02 Å². The Hall–Kier alpha value is -2.75. The van der Waals surface area contributed by atoms with E-state index in [1.807, 2.05) is 49.6 Å². The quantitative estimate of drug-likeness (QED) is 0.257. The van der Waals surface area contributed by atoms with Crippen molar-refractivity contribution < 1.29 is 9.47 Å². The summed E-state index contributed by atoms with van der Waals surface area (Å²) in [4.78, 5) is 4.61. The van der Waals surface area contributed by atoms with Crippen molar-refractivity contribution in [3.8, 4) is 11.5 Å². The Morgan fingerprint density at radius 3 is 2.53 bits per heavy atom. The van der Waals surface area contributed by atoms with Gasteiger partial charge in [0.1, 0.15) is 29.7 Å². The van der Waals surface area contributed by atoms with E-state index in [4.69, 9.17) is 26.9 Å². The standard InChI is InChI=1S/C22H22ClN5O2S2/c1-14-4-3-5-15(2)21(14)30-10-19-26-27-22(28(19)24)32-13-17-12-31-20(25-17)11-29-18-8-6-16(23)7-9-18/h3-9,12H,10-11,13,24H2,1-2H3. The highest BCUT2D eigenvalue weighted by atomic mass is 35.5. The molecule has 2 aromatic carbocycles. The van der Waals surface area contributed by atoms with Crippen molar-refractivity contribution in [2.24, 2.45) is 0 Å². The Labute approximate surface area is 199 Å². The molecule has 0 aliphatic carbocycles. The summed E-state index contributed by atoms with van der Waals surface area (Å²) >= 11 is 8.92. The van der Waals surface area contributed by atoms with Gasteiger partial charge in [0.25, 0.3) is 0 Å². The molecule has 0 unspecified atom stereocenters. The zero-order valence-electron chi connectivity index (χ0n) is 17.6. The number of aromatic nitrogens is 4. The van der Waals surface area contributed by atoms with E-state index in [1.165, 1.54) is 16.4 Å². The summed E-state index contributed by atoms with van der Waals surface area (Å²) in [7, 11) is 0. The largest absolute Gasteiger partial charge is 0.486 e. The highest BCUT2D eigenvalue weighted by Crippen LogP contribution is 2.25. The third-order valence-electron chi connectivity index (χ3n) is 4.61. The first-order chi connectivity index (χ1) is 15.5. The second-order valence-electron chi connectivity index (χ2n) is 7.04. The zero-order chi connectivity index (χ0) is 22.5. The van der Waals surface area contributed by atoms with Gasteiger partial charge in [-0.3, -0.25) is 0 Å². The van der Waals surface area contributed by atoms with Gasteiger partial charge in [0.15, 0.2) is 5.82 Å². The Kier molecular flexibility index (Phi) is 7.19. The average molecular weight is 488 g/mol. The smallest absolute Gasteiger partial charge is 0.210 e. The Bertz CT molecular complexity index is 1170. The van der Waals surface area contributed by atoms with Gasteiger partial charge in [-0.1, -0.05) is 41.6 Å². The summed E-state index contributed by atoms with van der Waals surface area (Å²) in [5.74, 6) is 8.97. The van der Waals surface area contributed by atoms with E-state index in [9.17, 15) is 0 Å². The minimum Gasteiger partial charge on any atom is -0.486 e. The van der Waals surface area contributed by atoms with Gasteiger partial charge in [-0.15, -0.1) is 21.5 Å². The number of nitrogen functional groups attached to an aromatic ring is 1. The normalized spacial score (nSPS) is 11.0. The molecule has 7 nitrogen and oxygen atoms in total. The Balaban J connectivity index is 1.30. The lowest BCUT2D eigenvalue weighted by Crippen LogP contribution is -2.16. The third kappa shape index (κ3) is 5.53. The van der Waals surface area contributed by atoms with Gasteiger partial charge < -0.3 is 15.3 Å². The van der Waals surface area contributed by atoms with Crippen molar-refractivity contribution >= 4 is 34.7 Å². The molecule has 2 aromatic heterocycles. The predicted octanol–water partition coefficient (Wildman–Crippen LogP) is 5.17. The number of thioether (sulfide) groups is 1. The van der Waals surface area contributed by atoms with Crippen LogP contribution < -0.4 is 15.3 Å². The number of thiazole rings is 1. The van der Waals surface area contributed by atoms with E-state index < -0.39 is 0 Å². The first-order valence-corrected chi connectivity index (χ1v) is 12.1. The number of ether oxygens (including phenoxy) is 2. The van der Waals surface area contributed by atoms with Crippen LogP contribution in [0.5, 0.6) is 11.5 Å². The van der Waals surface area contributed by atoms with Crippen molar-refractivity contribution in [3.05, 3.63) is 80.5 Å². The van der Waals surface area contributed by atoms with Crippen LogP contribution in [0.15, 0.2) is 53.0 Å². The lowest BCUT2D eigenvalue weighted by Gasteiger charge is -2.11. The first-order valence-electron chi connectivity index (χ1n) is 9.82. The molecule has 10 heteroatoms. The minimum atomic E-state index is 0.249. The fraction of sp³-hybridized carbons (Fsp3) is 0.227. The second-order valence-corrected chi connectivity index (χ2v) is 9.36. The van der Waals surface area contributed by atoms with Crippen molar-refractivity contribution in [3.63, 3.8) is 0 Å². The molecule has 4 aromatic rings. The molecular formula is C22H22ClN5O2S2.